The predicted molar refractivity (Wildman–Crippen MR) is 56.4 cm³/mol. The number of thiol groups is 1. The molecule has 0 rings (SSSR count). The Bertz CT molecular complexity index is 95.0. The van der Waals surface area contributed by atoms with E-state index in [1.54, 1.807) is 0 Å². The lowest BCUT2D eigenvalue weighted by molar-refractivity contribution is 0.480. The van der Waals surface area contributed by atoms with E-state index in [1.807, 2.05) is 0 Å². The van der Waals surface area contributed by atoms with Crippen LogP contribution in [-0.4, -0.2) is 4.75 Å². The summed E-state index contributed by atoms with van der Waals surface area (Å²) in [5, 5.41) is 0. The van der Waals surface area contributed by atoms with Crippen molar-refractivity contribution in [3.8, 4) is 0 Å². The van der Waals surface area contributed by atoms with Crippen molar-refractivity contribution in [1.29, 1.82) is 0 Å². The van der Waals surface area contributed by atoms with Crippen LogP contribution in [-0.2, 0) is 0 Å². The van der Waals surface area contributed by atoms with E-state index in [0.717, 1.165) is 5.92 Å². The van der Waals surface area contributed by atoms with Crippen molar-refractivity contribution < 1.29 is 0 Å². The first-order chi connectivity index (χ1) is 4.98. The van der Waals surface area contributed by atoms with Gasteiger partial charge in [0, 0.05) is 4.75 Å². The normalized spacial score (nSPS) is 16.9. The van der Waals surface area contributed by atoms with Gasteiger partial charge in [0.15, 0.2) is 0 Å². The van der Waals surface area contributed by atoms with Crippen LogP contribution in [0.25, 0.3) is 0 Å². The van der Waals surface area contributed by atoms with Gasteiger partial charge < -0.3 is 0 Å². The molecular weight excluding hydrogens is 152 g/mol. The van der Waals surface area contributed by atoms with Gasteiger partial charge in [0.2, 0.25) is 0 Å². The fourth-order valence-electron chi connectivity index (χ4n) is 1.07. The van der Waals surface area contributed by atoms with Crippen LogP contribution in [0.3, 0.4) is 0 Å². The Kier molecular flexibility index (Phi) is 5.24. The largest absolute Gasteiger partial charge is 0.173 e. The summed E-state index contributed by atoms with van der Waals surface area (Å²) in [5.74, 6) is 0.844. The lowest BCUT2D eigenvalue weighted by Gasteiger charge is -2.21. The Labute approximate surface area is 77.2 Å². The minimum absolute atomic E-state index is 0.273. The number of hydrogen-bond acceptors (Lipinski definition) is 1. The molecule has 0 radical (unpaired) electrons. The van der Waals surface area contributed by atoms with Crippen LogP contribution in [0.1, 0.15) is 53.4 Å². The summed E-state index contributed by atoms with van der Waals surface area (Å²) < 4.78 is 0.273. The first-order valence-electron chi connectivity index (χ1n) is 4.70. The van der Waals surface area contributed by atoms with Crippen molar-refractivity contribution in [3.05, 3.63) is 0 Å². The van der Waals surface area contributed by atoms with E-state index in [-0.39, 0.29) is 4.75 Å². The highest BCUT2D eigenvalue weighted by molar-refractivity contribution is 7.81. The molecular formula is C10H22S. The van der Waals surface area contributed by atoms with Gasteiger partial charge in [-0.05, 0) is 18.8 Å². The van der Waals surface area contributed by atoms with Gasteiger partial charge in [0.05, 0.1) is 0 Å². The molecule has 0 saturated carbocycles. The molecule has 0 nitrogen and oxygen atoms in total. The highest BCUT2D eigenvalue weighted by Gasteiger charge is 2.15. The highest BCUT2D eigenvalue weighted by Crippen LogP contribution is 2.25. The van der Waals surface area contributed by atoms with Crippen LogP contribution in [0.15, 0.2) is 0 Å². The second-order valence-electron chi connectivity index (χ2n) is 4.14. The zero-order valence-electron chi connectivity index (χ0n) is 8.35. The highest BCUT2D eigenvalue weighted by atomic mass is 32.1. The molecule has 0 heterocycles. The molecule has 0 aromatic heterocycles. The van der Waals surface area contributed by atoms with Crippen LogP contribution < -0.4 is 0 Å². The van der Waals surface area contributed by atoms with Crippen molar-refractivity contribution >= 4 is 12.6 Å². The third-order valence-corrected chi connectivity index (χ3v) is 2.80. The van der Waals surface area contributed by atoms with E-state index in [4.69, 9.17) is 0 Å². The molecule has 0 amide bonds. The minimum atomic E-state index is 0.273. The Hall–Kier alpha value is 0.350. The summed E-state index contributed by atoms with van der Waals surface area (Å²) in [6.07, 6.45) is 5.10. The van der Waals surface area contributed by atoms with Crippen LogP contribution in [0, 0.1) is 5.92 Å². The van der Waals surface area contributed by atoms with Crippen molar-refractivity contribution in [3.63, 3.8) is 0 Å². The molecule has 0 aliphatic carbocycles. The monoisotopic (exact) mass is 174 g/mol. The molecule has 11 heavy (non-hydrogen) atoms. The predicted octanol–water partition coefficient (Wildman–Crippen LogP) is 3.91. The maximum atomic E-state index is 4.59. The second kappa shape index (κ2) is 5.08. The Morgan fingerprint density at radius 2 is 1.91 bits per heavy atom. The minimum Gasteiger partial charge on any atom is -0.173 e. The smallest absolute Gasteiger partial charge is 0.00987 e. The van der Waals surface area contributed by atoms with Gasteiger partial charge in [-0.1, -0.05) is 40.5 Å². The van der Waals surface area contributed by atoms with Crippen molar-refractivity contribution in [1.82, 2.24) is 0 Å². The van der Waals surface area contributed by atoms with Crippen molar-refractivity contribution in [2.75, 3.05) is 0 Å². The molecule has 0 aliphatic heterocycles. The summed E-state index contributed by atoms with van der Waals surface area (Å²) in [6.45, 7) is 9.00. The maximum Gasteiger partial charge on any atom is 0.00987 e. The van der Waals surface area contributed by atoms with Gasteiger partial charge in [0.1, 0.15) is 0 Å². The Morgan fingerprint density at radius 1 is 1.36 bits per heavy atom. The first-order valence-corrected chi connectivity index (χ1v) is 5.15. The molecule has 0 fully saturated rings. The molecule has 0 saturated heterocycles. The molecule has 0 N–H and O–H groups in total. The van der Waals surface area contributed by atoms with Crippen LogP contribution in [0.5, 0.6) is 0 Å². The quantitative estimate of drug-likeness (QED) is 0.600. The average molecular weight is 174 g/mol. The molecule has 0 aromatic rings. The van der Waals surface area contributed by atoms with Gasteiger partial charge >= 0.3 is 0 Å². The molecule has 0 bridgehead atoms. The summed E-state index contributed by atoms with van der Waals surface area (Å²) in [7, 11) is 0. The Morgan fingerprint density at radius 3 is 2.27 bits per heavy atom. The van der Waals surface area contributed by atoms with E-state index >= 15 is 0 Å². The maximum absolute atomic E-state index is 4.59. The number of rotatable bonds is 5. The summed E-state index contributed by atoms with van der Waals surface area (Å²) >= 11 is 4.59. The van der Waals surface area contributed by atoms with E-state index in [1.165, 1.54) is 25.7 Å². The molecule has 0 aromatic carbocycles. The SMILES string of the molecule is CCC(C)(S)CCCC(C)C. The van der Waals surface area contributed by atoms with Gasteiger partial charge in [-0.15, -0.1) is 0 Å². The number of hydrogen-bond donors (Lipinski definition) is 1. The average Bonchev–Trinajstić information content (AvgIpc) is 1.87. The fraction of sp³-hybridized carbons (Fsp3) is 1.00. The third-order valence-electron chi connectivity index (χ3n) is 2.26. The zero-order chi connectivity index (χ0) is 8.91. The van der Waals surface area contributed by atoms with Crippen LogP contribution >= 0.6 is 12.6 Å². The van der Waals surface area contributed by atoms with E-state index in [9.17, 15) is 0 Å². The van der Waals surface area contributed by atoms with E-state index in [0.29, 0.717) is 0 Å². The van der Waals surface area contributed by atoms with Gasteiger partial charge in [-0.25, -0.2) is 0 Å². The molecule has 0 aliphatic rings. The van der Waals surface area contributed by atoms with Crippen LogP contribution in [0.2, 0.25) is 0 Å². The standard InChI is InChI=1S/C10H22S/c1-5-10(4,11)8-6-7-9(2)3/h9,11H,5-8H2,1-4H3. The topological polar surface area (TPSA) is 0 Å². The van der Waals surface area contributed by atoms with Crippen LogP contribution in [0.4, 0.5) is 0 Å². The lowest BCUT2D eigenvalue weighted by atomic mass is 9.97. The molecule has 68 valence electrons. The third kappa shape index (κ3) is 6.74. The molecule has 1 heteroatoms. The summed E-state index contributed by atoms with van der Waals surface area (Å²) in [4.78, 5) is 0. The molecule has 1 unspecified atom stereocenters. The van der Waals surface area contributed by atoms with E-state index < -0.39 is 0 Å². The second-order valence-corrected chi connectivity index (χ2v) is 5.22. The molecule has 1 atom stereocenters. The van der Waals surface area contributed by atoms with Crippen molar-refractivity contribution in [2.24, 2.45) is 5.92 Å². The van der Waals surface area contributed by atoms with Gasteiger partial charge in [-0.2, -0.15) is 12.6 Å². The fourth-order valence-corrected chi connectivity index (χ4v) is 1.23. The van der Waals surface area contributed by atoms with E-state index in [2.05, 4.69) is 40.3 Å². The zero-order valence-corrected chi connectivity index (χ0v) is 9.25. The van der Waals surface area contributed by atoms with Gasteiger partial charge in [0.25, 0.3) is 0 Å². The molecule has 0 spiro atoms. The van der Waals surface area contributed by atoms with Gasteiger partial charge in [-0.3, -0.25) is 0 Å². The first kappa shape index (κ1) is 11.4. The summed E-state index contributed by atoms with van der Waals surface area (Å²) in [5.41, 5.74) is 0. The van der Waals surface area contributed by atoms with Crippen molar-refractivity contribution in [2.45, 2.75) is 58.1 Å². The summed E-state index contributed by atoms with van der Waals surface area (Å²) in [6, 6.07) is 0. The lowest BCUT2D eigenvalue weighted by Crippen LogP contribution is -2.14. The Balaban J connectivity index is 3.38.